The van der Waals surface area contributed by atoms with Gasteiger partial charge in [0.2, 0.25) is 0 Å². The Bertz CT molecular complexity index is 235. The third kappa shape index (κ3) is 3.48. The molecule has 0 aromatic heterocycles. The third-order valence-electron chi connectivity index (χ3n) is 2.43. The van der Waals surface area contributed by atoms with Crippen LogP contribution in [-0.2, 0) is 4.79 Å². The first-order valence-electron chi connectivity index (χ1n) is 4.53. The minimum Gasteiger partial charge on any atom is -0.481 e. The van der Waals surface area contributed by atoms with Gasteiger partial charge in [0.05, 0.1) is 5.92 Å². The van der Waals surface area contributed by atoms with E-state index in [-0.39, 0.29) is 5.92 Å². The van der Waals surface area contributed by atoms with Gasteiger partial charge in [-0.15, -0.1) is 0 Å². The second-order valence-corrected chi connectivity index (χ2v) is 4.15. The van der Waals surface area contributed by atoms with Crippen LogP contribution in [0.1, 0.15) is 12.8 Å². The summed E-state index contributed by atoms with van der Waals surface area (Å²) in [6.07, 6.45) is 1.39. The minimum atomic E-state index is -0.691. The van der Waals surface area contributed by atoms with E-state index in [1.807, 2.05) is 0 Å². The molecular formula is C9H13Cl2NO2. The van der Waals surface area contributed by atoms with Crippen molar-refractivity contribution in [3.63, 3.8) is 0 Å². The van der Waals surface area contributed by atoms with Gasteiger partial charge in [-0.1, -0.05) is 23.2 Å². The summed E-state index contributed by atoms with van der Waals surface area (Å²) in [6.45, 7) is 2.17. The predicted molar refractivity (Wildman–Crippen MR) is 56.6 cm³/mol. The van der Waals surface area contributed by atoms with Crippen LogP contribution in [0.4, 0.5) is 0 Å². The van der Waals surface area contributed by atoms with Gasteiger partial charge in [0.1, 0.15) is 0 Å². The normalized spacial score (nSPS) is 21.1. The number of halogens is 2. The van der Waals surface area contributed by atoms with Crippen LogP contribution in [0.2, 0.25) is 0 Å². The average Bonchev–Trinajstić information content (AvgIpc) is 2.18. The van der Waals surface area contributed by atoms with Gasteiger partial charge >= 0.3 is 5.97 Å². The second-order valence-electron chi connectivity index (χ2n) is 3.44. The lowest BCUT2D eigenvalue weighted by molar-refractivity contribution is -0.143. The average molecular weight is 238 g/mol. The maximum atomic E-state index is 10.7. The Hall–Kier alpha value is -0.250. The third-order valence-corrected chi connectivity index (χ3v) is 3.03. The Morgan fingerprint density at radius 2 is 2.07 bits per heavy atom. The number of rotatable bonds is 3. The van der Waals surface area contributed by atoms with Gasteiger partial charge in [0.25, 0.3) is 0 Å². The summed E-state index contributed by atoms with van der Waals surface area (Å²) in [7, 11) is 0. The summed E-state index contributed by atoms with van der Waals surface area (Å²) in [5.74, 6) is -0.881. The van der Waals surface area contributed by atoms with E-state index >= 15 is 0 Å². The number of aliphatic carboxylic acids is 1. The molecule has 3 nitrogen and oxygen atoms in total. The van der Waals surface area contributed by atoms with Gasteiger partial charge in [0, 0.05) is 17.1 Å². The molecule has 0 unspecified atom stereocenters. The van der Waals surface area contributed by atoms with Crippen molar-refractivity contribution in [2.75, 3.05) is 19.6 Å². The van der Waals surface area contributed by atoms with Crippen LogP contribution >= 0.6 is 23.2 Å². The van der Waals surface area contributed by atoms with Crippen LogP contribution in [0.5, 0.6) is 0 Å². The van der Waals surface area contributed by atoms with Crippen LogP contribution < -0.4 is 0 Å². The van der Waals surface area contributed by atoms with E-state index in [1.54, 1.807) is 0 Å². The van der Waals surface area contributed by atoms with Crippen molar-refractivity contribution in [2.24, 2.45) is 5.92 Å². The summed E-state index contributed by atoms with van der Waals surface area (Å²) in [5.41, 5.74) is 1.35. The molecule has 0 aliphatic carbocycles. The van der Waals surface area contributed by atoms with Gasteiger partial charge in [-0.05, 0) is 25.9 Å². The molecule has 1 saturated heterocycles. The molecule has 1 heterocycles. The van der Waals surface area contributed by atoms with Gasteiger partial charge in [-0.3, -0.25) is 9.69 Å². The smallest absolute Gasteiger partial charge is 0.306 e. The Balaban J connectivity index is 2.32. The molecule has 1 aliphatic heterocycles. The van der Waals surface area contributed by atoms with Gasteiger partial charge in [-0.2, -0.15) is 0 Å². The molecule has 5 heteroatoms. The molecule has 0 bridgehead atoms. The summed E-state index contributed by atoms with van der Waals surface area (Å²) in [4.78, 5) is 12.8. The first kappa shape index (κ1) is 11.8. The van der Waals surface area contributed by atoms with E-state index in [0.717, 1.165) is 13.1 Å². The second kappa shape index (κ2) is 5.59. The first-order valence-corrected chi connectivity index (χ1v) is 5.35. The number of carboxylic acids is 1. The Morgan fingerprint density at radius 1 is 1.50 bits per heavy atom. The molecule has 1 fully saturated rings. The van der Waals surface area contributed by atoms with Crippen molar-refractivity contribution < 1.29 is 9.90 Å². The summed E-state index contributed by atoms with van der Waals surface area (Å²) < 4.78 is 0. The highest BCUT2D eigenvalue weighted by molar-refractivity contribution is 6.36. The maximum Gasteiger partial charge on any atom is 0.306 e. The van der Waals surface area contributed by atoms with E-state index in [1.165, 1.54) is 5.54 Å². The van der Waals surface area contributed by atoms with Crippen LogP contribution in [0.15, 0.2) is 10.6 Å². The molecule has 0 amide bonds. The van der Waals surface area contributed by atoms with Crippen LogP contribution in [0, 0.1) is 5.92 Å². The molecule has 0 saturated carbocycles. The zero-order chi connectivity index (χ0) is 10.6. The van der Waals surface area contributed by atoms with Crippen molar-refractivity contribution in [1.82, 2.24) is 4.90 Å². The number of piperidine rings is 1. The number of hydrogen-bond acceptors (Lipinski definition) is 2. The van der Waals surface area contributed by atoms with E-state index < -0.39 is 5.97 Å². The molecule has 0 atom stereocenters. The first-order chi connectivity index (χ1) is 6.63. The van der Waals surface area contributed by atoms with Crippen molar-refractivity contribution in [1.29, 1.82) is 0 Å². The Morgan fingerprint density at radius 3 is 2.50 bits per heavy atom. The molecule has 1 aliphatic rings. The number of likely N-dealkylation sites (tertiary alicyclic amines) is 1. The number of carboxylic acid groups (broad SMARTS) is 1. The van der Waals surface area contributed by atoms with Crippen molar-refractivity contribution in [2.45, 2.75) is 12.8 Å². The quantitative estimate of drug-likeness (QED) is 0.818. The highest BCUT2D eigenvalue weighted by Gasteiger charge is 2.24. The number of hydrogen-bond donors (Lipinski definition) is 1. The van der Waals surface area contributed by atoms with Gasteiger partial charge < -0.3 is 5.11 Å². The monoisotopic (exact) mass is 237 g/mol. The zero-order valence-corrected chi connectivity index (χ0v) is 9.26. The molecule has 80 valence electrons. The summed E-state index contributed by atoms with van der Waals surface area (Å²) in [6, 6.07) is 0. The summed E-state index contributed by atoms with van der Waals surface area (Å²) >= 11 is 11.2. The fourth-order valence-corrected chi connectivity index (χ4v) is 1.82. The molecule has 0 aromatic carbocycles. The fraction of sp³-hybridized carbons (Fsp3) is 0.667. The molecular weight excluding hydrogens is 225 g/mol. The van der Waals surface area contributed by atoms with Crippen LogP contribution in [-0.4, -0.2) is 35.6 Å². The lowest BCUT2D eigenvalue weighted by Crippen LogP contribution is -2.36. The number of carbonyl (C=O) groups is 1. The number of nitrogens with zero attached hydrogens (tertiary/aromatic N) is 1. The molecule has 0 spiro atoms. The maximum absolute atomic E-state index is 10.7. The highest BCUT2D eigenvalue weighted by Crippen LogP contribution is 2.18. The molecule has 0 radical (unpaired) electrons. The topological polar surface area (TPSA) is 40.5 Å². The minimum absolute atomic E-state index is 0.190. The molecule has 14 heavy (non-hydrogen) atoms. The van der Waals surface area contributed by atoms with Gasteiger partial charge in [-0.25, -0.2) is 0 Å². The van der Waals surface area contributed by atoms with Crippen LogP contribution in [0.25, 0.3) is 0 Å². The molecule has 1 rings (SSSR count). The highest BCUT2D eigenvalue weighted by atomic mass is 35.5. The predicted octanol–water partition coefficient (Wildman–Crippen LogP) is 2.10. The zero-order valence-electron chi connectivity index (χ0n) is 7.75. The van der Waals surface area contributed by atoms with E-state index in [4.69, 9.17) is 28.3 Å². The van der Waals surface area contributed by atoms with E-state index in [0.29, 0.717) is 24.4 Å². The van der Waals surface area contributed by atoms with Crippen molar-refractivity contribution in [3.8, 4) is 0 Å². The van der Waals surface area contributed by atoms with E-state index in [9.17, 15) is 4.79 Å². The molecule has 0 aromatic rings. The van der Waals surface area contributed by atoms with Crippen LogP contribution in [0.3, 0.4) is 0 Å². The summed E-state index contributed by atoms with van der Waals surface area (Å²) in [5, 5.41) is 9.37. The Labute approximate surface area is 93.3 Å². The van der Waals surface area contributed by atoms with Crippen molar-refractivity contribution >= 4 is 29.2 Å². The lowest BCUT2D eigenvalue weighted by Gasteiger charge is -2.29. The lowest BCUT2D eigenvalue weighted by atomic mass is 9.97. The standard InChI is InChI=1S/C9H13Cl2NO2/c10-5-8(11)6-12-3-1-7(2-4-12)9(13)14/h5,7H,1-4,6H2,(H,13,14)/b8-5-. The largest absolute Gasteiger partial charge is 0.481 e. The molecule has 1 N–H and O–H groups in total. The fourth-order valence-electron chi connectivity index (χ4n) is 1.59. The Kier molecular flexibility index (Phi) is 4.72. The SMILES string of the molecule is O=C(O)C1CCN(C/C(Cl)=C/Cl)CC1. The van der Waals surface area contributed by atoms with E-state index in [2.05, 4.69) is 4.90 Å². The van der Waals surface area contributed by atoms with Crippen molar-refractivity contribution in [3.05, 3.63) is 10.6 Å². The van der Waals surface area contributed by atoms with Gasteiger partial charge in [0.15, 0.2) is 0 Å².